The maximum atomic E-state index is 5.09. The van der Waals surface area contributed by atoms with E-state index in [0.717, 1.165) is 9.79 Å². The van der Waals surface area contributed by atoms with Crippen LogP contribution < -0.4 is 0 Å². The van der Waals surface area contributed by atoms with E-state index < -0.39 is 0 Å². The zero-order chi connectivity index (χ0) is 13.7. The Morgan fingerprint density at radius 3 is 0.947 bits per heavy atom. The van der Waals surface area contributed by atoms with Gasteiger partial charge in [0, 0.05) is 0 Å². The van der Waals surface area contributed by atoms with E-state index in [4.69, 9.17) is 25.3 Å². The molecule has 2 rings (SSSR count). The van der Waals surface area contributed by atoms with E-state index in [2.05, 4.69) is 0 Å². The maximum absolute atomic E-state index is 5.09. The van der Waals surface area contributed by atoms with Gasteiger partial charge in [0.25, 0.3) is 0 Å². The molecule has 0 heterocycles. The number of hydrogen-bond donors (Lipinski definition) is 0. The summed E-state index contributed by atoms with van der Waals surface area (Å²) in [4.78, 5) is 2.00. The van der Waals surface area contributed by atoms with Crippen molar-refractivity contribution in [3.63, 3.8) is 0 Å². The molecule has 0 aliphatic heterocycles. The van der Waals surface area contributed by atoms with Gasteiger partial charge in [-0.1, -0.05) is 58.7 Å². The van der Waals surface area contributed by atoms with E-state index in [-0.39, 0.29) is 20.4 Å². The Balaban J connectivity index is 0.000000324. The fourth-order valence-corrected chi connectivity index (χ4v) is 1.87. The van der Waals surface area contributed by atoms with Crippen LogP contribution in [-0.4, -0.2) is 0 Å². The Bertz CT molecular complexity index is 446. The second-order valence-corrected chi connectivity index (χ2v) is 5.26. The van der Waals surface area contributed by atoms with Crippen molar-refractivity contribution < 1.29 is 20.4 Å². The minimum Gasteiger partial charge on any atom is -0.779 e. The summed E-state index contributed by atoms with van der Waals surface area (Å²) in [5, 5.41) is 0. The molecule has 0 N–H and O–H groups in total. The second-order valence-electron chi connectivity index (χ2n) is 4.44. The Kier molecular flexibility index (Phi) is 8.45. The molecule has 0 aliphatic rings. The smallest absolute Gasteiger partial charge is 0.779 e. The quantitative estimate of drug-likeness (QED) is 0.490. The van der Waals surface area contributed by atoms with E-state index in [1.165, 1.54) is 22.3 Å². The van der Waals surface area contributed by atoms with Crippen molar-refractivity contribution >= 4 is 25.3 Å². The summed E-state index contributed by atoms with van der Waals surface area (Å²) < 4.78 is 0. The van der Waals surface area contributed by atoms with Crippen LogP contribution in [0.25, 0.3) is 0 Å². The molecule has 0 bridgehead atoms. The molecule has 0 unspecified atom stereocenters. The second kappa shape index (κ2) is 8.66. The van der Waals surface area contributed by atoms with Crippen LogP contribution in [0.2, 0.25) is 0 Å². The fraction of sp³-hybridized carbons (Fsp3) is 0.250. The van der Waals surface area contributed by atoms with Gasteiger partial charge in [-0.05, 0) is 27.7 Å². The third kappa shape index (κ3) is 5.59. The van der Waals surface area contributed by atoms with Crippen molar-refractivity contribution in [2.75, 3.05) is 0 Å². The molecule has 0 aliphatic carbocycles. The first-order valence-electron chi connectivity index (χ1n) is 5.90. The molecule has 0 saturated carbocycles. The van der Waals surface area contributed by atoms with Crippen LogP contribution in [-0.2, 0) is 45.7 Å². The normalized spacial score (nSPS) is 9.05. The average Bonchev–Trinajstić information content (AvgIpc) is 2.34. The van der Waals surface area contributed by atoms with E-state index in [9.17, 15) is 0 Å². The molecule has 0 atom stereocenters. The molecule has 2 aromatic rings. The van der Waals surface area contributed by atoms with Gasteiger partial charge in [0.15, 0.2) is 0 Å². The molecule has 19 heavy (non-hydrogen) atoms. The third-order valence-electron chi connectivity index (χ3n) is 2.82. The fourth-order valence-electron chi connectivity index (χ4n) is 1.60. The summed E-state index contributed by atoms with van der Waals surface area (Å²) in [6.07, 6.45) is 0. The maximum Gasteiger partial charge on any atom is 2.00 e. The molecule has 2 aromatic carbocycles. The molecule has 0 nitrogen and oxygen atoms in total. The van der Waals surface area contributed by atoms with Crippen molar-refractivity contribution in [2.45, 2.75) is 37.5 Å². The van der Waals surface area contributed by atoms with Crippen LogP contribution in [0.15, 0.2) is 46.2 Å². The predicted octanol–water partition coefficient (Wildman–Crippen LogP) is 4.42. The van der Waals surface area contributed by atoms with Crippen LogP contribution in [0, 0.1) is 27.7 Å². The van der Waals surface area contributed by atoms with Crippen molar-refractivity contribution in [3.05, 3.63) is 58.7 Å². The molecule has 0 radical (unpaired) electrons. The molecular weight excluding hydrogens is 363 g/mol. The van der Waals surface area contributed by atoms with E-state index in [1.807, 2.05) is 64.1 Å². The van der Waals surface area contributed by atoms with Crippen LogP contribution in [0.3, 0.4) is 0 Å². The number of hydrogen-bond acceptors (Lipinski definition) is 2. The first-order chi connectivity index (χ1) is 8.43. The van der Waals surface area contributed by atoms with Gasteiger partial charge in [-0.3, -0.25) is 0 Å². The van der Waals surface area contributed by atoms with Gasteiger partial charge in [-0.25, -0.2) is 0 Å². The molecule has 3 heteroatoms. The van der Waals surface area contributed by atoms with Crippen molar-refractivity contribution in [3.8, 4) is 0 Å². The van der Waals surface area contributed by atoms with Crippen LogP contribution in [0.5, 0.6) is 0 Å². The van der Waals surface area contributed by atoms with E-state index in [1.54, 1.807) is 0 Å². The van der Waals surface area contributed by atoms with Gasteiger partial charge in [-0.2, -0.15) is 9.79 Å². The van der Waals surface area contributed by atoms with E-state index in [0.29, 0.717) is 0 Å². The zero-order valence-electron chi connectivity index (χ0n) is 11.6. The van der Waals surface area contributed by atoms with Gasteiger partial charge < -0.3 is 25.3 Å². The summed E-state index contributed by atoms with van der Waals surface area (Å²) in [6.45, 7) is 8.15. The van der Waals surface area contributed by atoms with Gasteiger partial charge in [0.1, 0.15) is 0 Å². The first kappa shape index (κ1) is 18.5. The Morgan fingerprint density at radius 1 is 0.579 bits per heavy atom. The molecular formula is C16H18PdS2. The van der Waals surface area contributed by atoms with Gasteiger partial charge in [0.05, 0.1) is 0 Å². The molecule has 0 fully saturated rings. The van der Waals surface area contributed by atoms with E-state index >= 15 is 0 Å². The van der Waals surface area contributed by atoms with Gasteiger partial charge >= 0.3 is 20.4 Å². The monoisotopic (exact) mass is 380 g/mol. The third-order valence-corrected chi connectivity index (χ3v) is 4.11. The summed E-state index contributed by atoms with van der Waals surface area (Å²) in [7, 11) is 0. The van der Waals surface area contributed by atoms with Gasteiger partial charge in [-0.15, -0.1) is 0 Å². The van der Waals surface area contributed by atoms with Crippen LogP contribution in [0.1, 0.15) is 22.3 Å². The Morgan fingerprint density at radius 2 is 0.789 bits per heavy atom. The number of rotatable bonds is 0. The van der Waals surface area contributed by atoms with Crippen LogP contribution in [0.4, 0.5) is 0 Å². The van der Waals surface area contributed by atoms with Crippen LogP contribution >= 0.6 is 0 Å². The van der Waals surface area contributed by atoms with Crippen molar-refractivity contribution in [1.82, 2.24) is 0 Å². The molecule has 0 aromatic heterocycles. The SMILES string of the molecule is Cc1cccc(C)c1[S-].Cc1cccc(C)c1[S-].[Pd+2]. The number of aryl methyl sites for hydroxylation is 4. The number of benzene rings is 2. The largest absolute Gasteiger partial charge is 2.00 e. The summed E-state index contributed by atoms with van der Waals surface area (Å²) in [5.74, 6) is 0. The standard InChI is InChI=1S/2C8H10S.Pd/c2*1-6-4-3-5-7(2)8(6)9;/h2*3-5,9H,1-2H3;/q;;+2/p-2. The topological polar surface area (TPSA) is 0 Å². The van der Waals surface area contributed by atoms with Gasteiger partial charge in [0.2, 0.25) is 0 Å². The minimum absolute atomic E-state index is 0. The summed E-state index contributed by atoms with van der Waals surface area (Å²) >= 11 is 10.2. The van der Waals surface area contributed by atoms with Crippen molar-refractivity contribution in [2.24, 2.45) is 0 Å². The van der Waals surface area contributed by atoms with Crippen molar-refractivity contribution in [1.29, 1.82) is 0 Å². The predicted molar refractivity (Wildman–Crippen MR) is 83.1 cm³/mol. The zero-order valence-corrected chi connectivity index (χ0v) is 14.8. The first-order valence-corrected chi connectivity index (χ1v) is 6.71. The molecule has 0 saturated heterocycles. The molecule has 0 spiro atoms. The summed E-state index contributed by atoms with van der Waals surface area (Å²) in [5.41, 5.74) is 4.80. The Labute approximate surface area is 141 Å². The minimum atomic E-state index is 0. The molecule has 104 valence electrons. The summed E-state index contributed by atoms with van der Waals surface area (Å²) in [6, 6.07) is 12.2. The average molecular weight is 381 g/mol. The molecule has 0 amide bonds. The Hall–Kier alpha value is -0.458.